The van der Waals surface area contributed by atoms with Crippen LogP contribution in [-0.4, -0.2) is 25.9 Å². The zero-order valence-electron chi connectivity index (χ0n) is 14.4. The van der Waals surface area contributed by atoms with Gasteiger partial charge in [0.15, 0.2) is 17.6 Å². The normalized spacial score (nSPS) is 12.2. The van der Waals surface area contributed by atoms with Crippen molar-refractivity contribution in [2.45, 2.75) is 20.0 Å². The van der Waals surface area contributed by atoms with Gasteiger partial charge in [0.05, 0.1) is 17.3 Å². The molecular weight excluding hydrogens is 384 g/mol. The number of hydrogen-bond acceptors (Lipinski definition) is 8. The Hall–Kier alpha value is -2.91. The second-order valence-electron chi connectivity index (χ2n) is 5.85. The standard InChI is InChI=1S/C18H14N4O3S2/c1-9-6-20-12(7-19-9)18(24)25-10(2)15-21-16(23)14-11(8-27-17(14)22-15)13-4-3-5-26-13/h3-8,10H,1-2H3,(H,21,22,23)/t10-/m0/s1. The van der Waals surface area contributed by atoms with Crippen LogP contribution in [0.3, 0.4) is 0 Å². The summed E-state index contributed by atoms with van der Waals surface area (Å²) in [6.07, 6.45) is 2.12. The van der Waals surface area contributed by atoms with Crippen molar-refractivity contribution in [3.05, 3.63) is 62.9 Å². The quantitative estimate of drug-likeness (QED) is 0.526. The van der Waals surface area contributed by atoms with Crippen molar-refractivity contribution < 1.29 is 9.53 Å². The van der Waals surface area contributed by atoms with Gasteiger partial charge in [0, 0.05) is 22.0 Å². The first-order chi connectivity index (χ1) is 13.0. The van der Waals surface area contributed by atoms with E-state index in [1.807, 2.05) is 22.9 Å². The lowest BCUT2D eigenvalue weighted by Crippen LogP contribution is -2.17. The van der Waals surface area contributed by atoms with E-state index in [1.165, 1.54) is 23.7 Å². The fourth-order valence-electron chi connectivity index (χ4n) is 2.55. The largest absolute Gasteiger partial charge is 0.450 e. The van der Waals surface area contributed by atoms with Crippen LogP contribution in [0.5, 0.6) is 0 Å². The summed E-state index contributed by atoms with van der Waals surface area (Å²) >= 11 is 2.95. The van der Waals surface area contributed by atoms with Crippen molar-refractivity contribution in [1.29, 1.82) is 0 Å². The van der Waals surface area contributed by atoms with E-state index in [0.29, 0.717) is 21.7 Å². The van der Waals surface area contributed by atoms with Crippen LogP contribution >= 0.6 is 22.7 Å². The van der Waals surface area contributed by atoms with Crippen LogP contribution in [0, 0.1) is 6.92 Å². The fourth-order valence-corrected chi connectivity index (χ4v) is 4.32. The first-order valence-corrected chi connectivity index (χ1v) is 9.84. The van der Waals surface area contributed by atoms with Crippen LogP contribution in [0.2, 0.25) is 0 Å². The minimum atomic E-state index is -0.731. The van der Waals surface area contributed by atoms with Gasteiger partial charge in [0.1, 0.15) is 4.83 Å². The Labute approximate surface area is 161 Å². The predicted octanol–water partition coefficient (Wildman–Crippen LogP) is 3.73. The molecule has 0 aliphatic carbocycles. The number of rotatable bonds is 4. The van der Waals surface area contributed by atoms with Crippen LogP contribution in [-0.2, 0) is 4.74 Å². The zero-order valence-corrected chi connectivity index (χ0v) is 16.1. The van der Waals surface area contributed by atoms with Gasteiger partial charge in [-0.2, -0.15) is 0 Å². The number of nitrogens with zero attached hydrogens (tertiary/aromatic N) is 3. The van der Waals surface area contributed by atoms with E-state index in [-0.39, 0.29) is 11.3 Å². The third-order valence-electron chi connectivity index (χ3n) is 3.91. The molecule has 136 valence electrons. The molecule has 0 bridgehead atoms. The molecule has 27 heavy (non-hydrogen) atoms. The first kappa shape index (κ1) is 17.5. The highest BCUT2D eigenvalue weighted by Gasteiger charge is 2.20. The van der Waals surface area contributed by atoms with Gasteiger partial charge in [-0.1, -0.05) is 6.07 Å². The van der Waals surface area contributed by atoms with Crippen molar-refractivity contribution in [3.63, 3.8) is 0 Å². The third kappa shape index (κ3) is 3.38. The molecule has 0 unspecified atom stereocenters. The summed E-state index contributed by atoms with van der Waals surface area (Å²) in [5.41, 5.74) is 1.42. The van der Waals surface area contributed by atoms with Gasteiger partial charge in [0.2, 0.25) is 0 Å². The van der Waals surface area contributed by atoms with E-state index in [1.54, 1.807) is 25.2 Å². The van der Waals surface area contributed by atoms with E-state index >= 15 is 0 Å². The number of nitrogens with one attached hydrogen (secondary N) is 1. The second-order valence-corrected chi connectivity index (χ2v) is 7.65. The molecule has 7 nitrogen and oxygen atoms in total. The molecule has 0 aromatic carbocycles. The Bertz CT molecular complexity index is 1160. The summed E-state index contributed by atoms with van der Waals surface area (Å²) in [4.78, 5) is 41.7. The van der Waals surface area contributed by atoms with Gasteiger partial charge in [-0.3, -0.25) is 9.78 Å². The average molecular weight is 398 g/mol. The summed E-state index contributed by atoms with van der Waals surface area (Å²) in [7, 11) is 0. The molecule has 0 saturated carbocycles. The second kappa shape index (κ2) is 7.01. The van der Waals surface area contributed by atoms with Crippen molar-refractivity contribution >= 4 is 38.9 Å². The SMILES string of the molecule is Cc1cnc(C(=O)O[C@@H](C)c2nc3scc(-c4cccs4)c3c(=O)[nH]2)cn1. The number of aromatic amines is 1. The monoisotopic (exact) mass is 398 g/mol. The van der Waals surface area contributed by atoms with Crippen molar-refractivity contribution in [1.82, 2.24) is 19.9 Å². The number of hydrogen-bond donors (Lipinski definition) is 1. The summed E-state index contributed by atoms with van der Waals surface area (Å²) in [6, 6.07) is 3.90. The minimum absolute atomic E-state index is 0.104. The molecule has 0 fully saturated rings. The van der Waals surface area contributed by atoms with E-state index in [4.69, 9.17) is 4.74 Å². The van der Waals surface area contributed by atoms with Gasteiger partial charge in [-0.05, 0) is 25.3 Å². The van der Waals surface area contributed by atoms with Gasteiger partial charge >= 0.3 is 5.97 Å². The number of esters is 1. The molecule has 4 aromatic heterocycles. The summed E-state index contributed by atoms with van der Waals surface area (Å²) in [5, 5.41) is 4.43. The number of ether oxygens (including phenoxy) is 1. The van der Waals surface area contributed by atoms with E-state index in [2.05, 4.69) is 19.9 Å². The zero-order chi connectivity index (χ0) is 19.0. The van der Waals surface area contributed by atoms with Crippen LogP contribution in [0.15, 0.2) is 40.1 Å². The highest BCUT2D eigenvalue weighted by molar-refractivity contribution is 7.18. The Kier molecular flexibility index (Phi) is 4.54. The maximum absolute atomic E-state index is 12.6. The summed E-state index contributed by atoms with van der Waals surface area (Å²) in [5.74, 6) is -0.330. The molecule has 4 heterocycles. The minimum Gasteiger partial charge on any atom is -0.450 e. The summed E-state index contributed by atoms with van der Waals surface area (Å²) < 4.78 is 5.38. The van der Waals surface area contributed by atoms with Gasteiger partial charge < -0.3 is 9.72 Å². The number of carbonyl (C=O) groups excluding carboxylic acids is 1. The molecule has 0 saturated heterocycles. The maximum Gasteiger partial charge on any atom is 0.359 e. The molecule has 0 amide bonds. The fraction of sp³-hybridized carbons (Fsp3) is 0.167. The van der Waals surface area contributed by atoms with E-state index in [0.717, 1.165) is 10.4 Å². The van der Waals surface area contributed by atoms with Crippen molar-refractivity contribution in [3.8, 4) is 10.4 Å². The Balaban J connectivity index is 1.63. The van der Waals surface area contributed by atoms with Crippen LogP contribution in [0.1, 0.15) is 35.0 Å². The number of H-pyrrole nitrogens is 1. The Morgan fingerprint density at radius 1 is 1.26 bits per heavy atom. The van der Waals surface area contributed by atoms with Gasteiger partial charge in [0.25, 0.3) is 5.56 Å². The lowest BCUT2D eigenvalue weighted by molar-refractivity contribution is 0.0312. The Morgan fingerprint density at radius 3 is 2.81 bits per heavy atom. The molecule has 4 aromatic rings. The summed E-state index contributed by atoms with van der Waals surface area (Å²) in [6.45, 7) is 3.43. The first-order valence-electron chi connectivity index (χ1n) is 8.08. The predicted molar refractivity (Wildman–Crippen MR) is 104 cm³/mol. The highest BCUT2D eigenvalue weighted by atomic mass is 32.1. The molecule has 4 rings (SSSR count). The van der Waals surface area contributed by atoms with E-state index in [9.17, 15) is 9.59 Å². The third-order valence-corrected chi connectivity index (χ3v) is 5.68. The average Bonchev–Trinajstić information content (AvgIpc) is 3.31. The molecule has 0 aliphatic heterocycles. The van der Waals surface area contributed by atoms with Gasteiger partial charge in [-0.25, -0.2) is 14.8 Å². The molecular formula is C18H14N4O3S2. The van der Waals surface area contributed by atoms with E-state index < -0.39 is 12.1 Å². The maximum atomic E-state index is 12.6. The number of carbonyl (C=O) groups is 1. The molecule has 0 spiro atoms. The molecule has 9 heteroatoms. The van der Waals surface area contributed by atoms with Crippen molar-refractivity contribution in [2.24, 2.45) is 0 Å². The van der Waals surface area contributed by atoms with Crippen LogP contribution in [0.4, 0.5) is 0 Å². The number of aromatic nitrogens is 4. The molecule has 0 radical (unpaired) electrons. The van der Waals surface area contributed by atoms with Crippen molar-refractivity contribution in [2.75, 3.05) is 0 Å². The number of thiophene rings is 2. The molecule has 1 N–H and O–H groups in total. The van der Waals surface area contributed by atoms with Crippen LogP contribution in [0.25, 0.3) is 20.7 Å². The molecule has 0 aliphatic rings. The van der Waals surface area contributed by atoms with Crippen LogP contribution < -0.4 is 5.56 Å². The molecule has 1 atom stereocenters. The number of aryl methyl sites for hydroxylation is 1. The Morgan fingerprint density at radius 2 is 2.11 bits per heavy atom. The highest BCUT2D eigenvalue weighted by Crippen LogP contribution is 2.33. The van der Waals surface area contributed by atoms with Gasteiger partial charge in [-0.15, -0.1) is 22.7 Å². The number of fused-ring (bicyclic) bond motifs is 1. The lowest BCUT2D eigenvalue weighted by atomic mass is 10.2. The lowest BCUT2D eigenvalue weighted by Gasteiger charge is -2.12. The topological polar surface area (TPSA) is 97.8 Å². The smallest absolute Gasteiger partial charge is 0.359 e.